The molecule has 10 nitrogen and oxygen atoms in total. The number of alkyl halides is 3. The number of nitrogens with zero attached hydrogens (tertiary/aromatic N) is 5. The van der Waals surface area contributed by atoms with E-state index in [2.05, 4.69) is 20.6 Å². The normalized spacial score (nSPS) is 17.9. The molecular weight excluding hydrogens is 577 g/mol. The molecule has 230 valence electrons. The van der Waals surface area contributed by atoms with Crippen LogP contribution in [0.25, 0.3) is 0 Å². The third-order valence-corrected chi connectivity index (χ3v) is 7.33. The molecule has 0 spiro atoms. The number of hydrogen-bond acceptors (Lipinski definition) is 7. The van der Waals surface area contributed by atoms with E-state index in [1.165, 1.54) is 23.2 Å². The average Bonchev–Trinajstić information content (AvgIpc) is 3.29. The monoisotopic (exact) mass is 607 g/mol. The van der Waals surface area contributed by atoms with Gasteiger partial charge in [-0.15, -0.1) is 0 Å². The first kappa shape index (κ1) is 30.0. The second-order valence-electron chi connectivity index (χ2n) is 10.6. The number of rotatable bonds is 5. The SMILES string of the molecule is CC1CCCN(c2nc(C(F)(F)F)c(C(=O)Nc3ccc(N4CCCN(C(=O)Nc5c(F)cccc5F)CC4)nc3)o2)C1. The Hall–Kier alpha value is -4.43. The first-order valence-corrected chi connectivity index (χ1v) is 13.8. The Morgan fingerprint density at radius 2 is 1.70 bits per heavy atom. The van der Waals surface area contributed by atoms with Gasteiger partial charge >= 0.3 is 12.2 Å². The van der Waals surface area contributed by atoms with Gasteiger partial charge in [-0.05, 0) is 49.4 Å². The number of anilines is 4. The Morgan fingerprint density at radius 1 is 0.953 bits per heavy atom. The summed E-state index contributed by atoms with van der Waals surface area (Å²) in [6.45, 7) is 4.40. The van der Waals surface area contributed by atoms with Crippen LogP contribution < -0.4 is 20.4 Å². The van der Waals surface area contributed by atoms with Crippen molar-refractivity contribution in [2.45, 2.75) is 32.4 Å². The summed E-state index contributed by atoms with van der Waals surface area (Å²) in [6, 6.07) is 5.51. The molecule has 1 aromatic carbocycles. The first-order valence-electron chi connectivity index (χ1n) is 13.8. The van der Waals surface area contributed by atoms with Crippen LogP contribution in [0.3, 0.4) is 0 Å². The van der Waals surface area contributed by atoms with E-state index in [-0.39, 0.29) is 24.2 Å². The topological polar surface area (TPSA) is 107 Å². The molecule has 2 aliphatic rings. The van der Waals surface area contributed by atoms with E-state index in [9.17, 15) is 31.5 Å². The lowest BCUT2D eigenvalue weighted by molar-refractivity contribution is -0.141. The highest BCUT2D eigenvalue weighted by atomic mass is 19.4. The van der Waals surface area contributed by atoms with E-state index in [1.54, 1.807) is 11.0 Å². The molecule has 1 atom stereocenters. The Morgan fingerprint density at radius 3 is 2.37 bits per heavy atom. The van der Waals surface area contributed by atoms with Crippen LogP contribution in [0.15, 0.2) is 40.9 Å². The number of piperidine rings is 1. The van der Waals surface area contributed by atoms with Crippen LogP contribution in [0.4, 0.5) is 50.0 Å². The predicted octanol–water partition coefficient (Wildman–Crippen LogP) is 5.60. The minimum atomic E-state index is -4.89. The molecule has 2 aliphatic heterocycles. The van der Waals surface area contributed by atoms with Gasteiger partial charge in [-0.3, -0.25) is 4.79 Å². The smallest absolute Gasteiger partial charge is 0.417 e. The van der Waals surface area contributed by atoms with Crippen molar-refractivity contribution in [3.63, 3.8) is 0 Å². The fraction of sp³-hybridized carbons (Fsp3) is 0.429. The lowest BCUT2D eigenvalue weighted by Crippen LogP contribution is -2.38. The summed E-state index contributed by atoms with van der Waals surface area (Å²) in [5.74, 6) is -3.02. The van der Waals surface area contributed by atoms with Crippen molar-refractivity contribution in [1.29, 1.82) is 0 Å². The van der Waals surface area contributed by atoms with Gasteiger partial charge in [0.25, 0.3) is 11.9 Å². The van der Waals surface area contributed by atoms with Gasteiger partial charge in [0.05, 0.1) is 11.9 Å². The number of benzene rings is 1. The fourth-order valence-electron chi connectivity index (χ4n) is 5.14. The van der Waals surface area contributed by atoms with Gasteiger partial charge in [-0.25, -0.2) is 18.6 Å². The van der Waals surface area contributed by atoms with E-state index in [4.69, 9.17) is 4.42 Å². The van der Waals surface area contributed by atoms with Crippen LogP contribution in [-0.4, -0.2) is 66.1 Å². The summed E-state index contributed by atoms with van der Waals surface area (Å²) in [5.41, 5.74) is -1.76. The number of nitrogens with one attached hydrogen (secondary N) is 2. The molecule has 0 aliphatic carbocycles. The van der Waals surface area contributed by atoms with E-state index < -0.39 is 46.9 Å². The second kappa shape index (κ2) is 12.4. The highest BCUT2D eigenvalue weighted by molar-refractivity contribution is 6.03. The van der Waals surface area contributed by atoms with Crippen molar-refractivity contribution in [1.82, 2.24) is 14.9 Å². The molecule has 0 radical (unpaired) electrons. The lowest BCUT2D eigenvalue weighted by atomic mass is 10.0. The number of pyridine rings is 1. The predicted molar refractivity (Wildman–Crippen MR) is 148 cm³/mol. The summed E-state index contributed by atoms with van der Waals surface area (Å²) in [5, 5.41) is 4.68. The Balaban J connectivity index is 1.22. The fourth-order valence-corrected chi connectivity index (χ4v) is 5.14. The van der Waals surface area contributed by atoms with E-state index >= 15 is 0 Å². The molecular formula is C28H30F5N7O3. The molecule has 15 heteroatoms. The molecule has 2 saturated heterocycles. The molecule has 0 bridgehead atoms. The quantitative estimate of drug-likeness (QED) is 0.364. The number of carbonyl (C=O) groups is 2. The van der Waals surface area contributed by atoms with Crippen LogP contribution in [0.5, 0.6) is 0 Å². The number of carbonyl (C=O) groups excluding carboxylic acids is 2. The number of oxazole rings is 1. The number of halogens is 5. The van der Waals surface area contributed by atoms with Crippen molar-refractivity contribution >= 4 is 35.1 Å². The highest BCUT2D eigenvalue weighted by Crippen LogP contribution is 2.35. The average molecular weight is 608 g/mol. The number of amides is 3. The van der Waals surface area contributed by atoms with Crippen molar-refractivity contribution in [3.05, 3.63) is 59.6 Å². The molecule has 43 heavy (non-hydrogen) atoms. The zero-order valence-corrected chi connectivity index (χ0v) is 23.3. The van der Waals surface area contributed by atoms with Crippen LogP contribution in [-0.2, 0) is 6.18 Å². The molecule has 5 rings (SSSR count). The van der Waals surface area contributed by atoms with Crippen LogP contribution in [0.2, 0.25) is 0 Å². The van der Waals surface area contributed by atoms with Gasteiger partial charge in [-0.2, -0.15) is 18.2 Å². The maximum Gasteiger partial charge on any atom is 0.437 e. The summed E-state index contributed by atoms with van der Waals surface area (Å²) >= 11 is 0. The molecule has 2 fully saturated rings. The van der Waals surface area contributed by atoms with Crippen molar-refractivity contribution in [2.75, 3.05) is 59.7 Å². The molecule has 2 aromatic heterocycles. The molecule has 3 aromatic rings. The first-order chi connectivity index (χ1) is 20.5. The van der Waals surface area contributed by atoms with Crippen molar-refractivity contribution in [3.8, 4) is 0 Å². The third kappa shape index (κ3) is 6.97. The molecule has 2 N–H and O–H groups in total. The van der Waals surface area contributed by atoms with Gasteiger partial charge in [-0.1, -0.05) is 13.0 Å². The maximum absolute atomic E-state index is 13.9. The zero-order chi connectivity index (χ0) is 30.7. The largest absolute Gasteiger partial charge is 0.437 e. The van der Waals surface area contributed by atoms with Crippen LogP contribution in [0.1, 0.15) is 42.4 Å². The van der Waals surface area contributed by atoms with Crippen molar-refractivity contribution < 1.29 is 36.0 Å². The van der Waals surface area contributed by atoms with E-state index in [1.807, 2.05) is 11.8 Å². The lowest BCUT2D eigenvalue weighted by Gasteiger charge is -2.29. The minimum Gasteiger partial charge on any atom is -0.417 e. The zero-order valence-electron chi connectivity index (χ0n) is 23.3. The highest BCUT2D eigenvalue weighted by Gasteiger charge is 2.42. The van der Waals surface area contributed by atoms with Crippen molar-refractivity contribution in [2.24, 2.45) is 5.92 Å². The number of hydrogen-bond donors (Lipinski definition) is 2. The van der Waals surface area contributed by atoms with Gasteiger partial charge < -0.3 is 29.8 Å². The third-order valence-electron chi connectivity index (χ3n) is 7.33. The minimum absolute atomic E-state index is 0.147. The van der Waals surface area contributed by atoms with Gasteiger partial charge in [0.2, 0.25) is 5.76 Å². The number of para-hydroxylation sites is 1. The maximum atomic E-state index is 13.9. The Labute approximate surface area is 243 Å². The number of aromatic nitrogens is 2. The summed E-state index contributed by atoms with van der Waals surface area (Å²) < 4.78 is 74.4. The van der Waals surface area contributed by atoms with E-state index in [0.29, 0.717) is 45.0 Å². The molecule has 1 unspecified atom stereocenters. The second-order valence-corrected chi connectivity index (χ2v) is 10.6. The summed E-state index contributed by atoms with van der Waals surface area (Å²) in [6.07, 6.45) is -1.32. The van der Waals surface area contributed by atoms with Gasteiger partial charge in [0, 0.05) is 39.3 Å². The van der Waals surface area contributed by atoms with E-state index in [0.717, 1.165) is 25.0 Å². The number of urea groups is 1. The Bertz CT molecular complexity index is 1440. The van der Waals surface area contributed by atoms with Gasteiger partial charge in [0.15, 0.2) is 5.69 Å². The molecule has 3 amide bonds. The van der Waals surface area contributed by atoms with Gasteiger partial charge in [0.1, 0.15) is 23.1 Å². The summed E-state index contributed by atoms with van der Waals surface area (Å²) in [4.78, 5) is 38.4. The Kier molecular flexibility index (Phi) is 8.69. The molecule has 4 heterocycles. The molecule has 0 saturated carbocycles. The van der Waals surface area contributed by atoms with Crippen LogP contribution >= 0.6 is 0 Å². The summed E-state index contributed by atoms with van der Waals surface area (Å²) in [7, 11) is 0. The standard InChI is InChI=1S/C28H30F5N7O3/c1-17-5-3-10-40(16-17)27-37-24(28(31,32)33)23(43-27)25(41)35-18-8-9-21(34-15-18)38-11-4-12-39(14-13-38)26(42)36-22-19(29)6-2-7-20(22)30/h2,6-9,15,17H,3-5,10-14,16H2,1H3,(H,35,41)(H,36,42). The van der Waals surface area contributed by atoms with Crippen LogP contribution in [0, 0.1) is 17.6 Å².